The third-order valence-corrected chi connectivity index (χ3v) is 3.96. The molecule has 2 rings (SSSR count). The van der Waals surface area contributed by atoms with Crippen molar-refractivity contribution < 1.29 is 9.53 Å². The molecule has 0 saturated carbocycles. The number of hydrogen-bond donors (Lipinski definition) is 1. The molecule has 1 aromatic carbocycles. The first-order valence-corrected chi connectivity index (χ1v) is 6.96. The van der Waals surface area contributed by atoms with E-state index >= 15 is 0 Å². The number of methoxy groups -OCH3 is 1. The van der Waals surface area contributed by atoms with Gasteiger partial charge < -0.3 is 10.1 Å². The summed E-state index contributed by atoms with van der Waals surface area (Å²) in [7, 11) is 1.38. The van der Waals surface area contributed by atoms with Crippen LogP contribution in [0.1, 0.15) is 20.8 Å². The Morgan fingerprint density at radius 3 is 2.74 bits per heavy atom. The molecule has 0 aliphatic rings. The minimum absolute atomic E-state index is 0.320. The standard InChI is InChI=1S/C14H14ClNO2S/c1-9-7-10(14(17)18-2)3-5-12(9)16-8-11-4-6-13(15)19-11/h3-7,16H,8H2,1-2H3. The maximum absolute atomic E-state index is 11.4. The van der Waals surface area contributed by atoms with Gasteiger partial charge in [0, 0.05) is 17.1 Å². The number of carbonyl (C=O) groups excluding carboxylic acids is 1. The first-order valence-electron chi connectivity index (χ1n) is 5.77. The normalized spacial score (nSPS) is 10.3. The summed E-state index contributed by atoms with van der Waals surface area (Å²) in [6.45, 7) is 2.67. The van der Waals surface area contributed by atoms with Crippen molar-refractivity contribution >= 4 is 34.6 Å². The molecule has 0 amide bonds. The lowest BCUT2D eigenvalue weighted by Gasteiger charge is -2.09. The molecule has 19 heavy (non-hydrogen) atoms. The molecule has 2 aromatic rings. The van der Waals surface area contributed by atoms with Crippen molar-refractivity contribution in [2.75, 3.05) is 12.4 Å². The second kappa shape index (κ2) is 6.08. The number of halogens is 1. The number of hydrogen-bond acceptors (Lipinski definition) is 4. The predicted octanol–water partition coefficient (Wildman–Crippen LogP) is 4.11. The van der Waals surface area contributed by atoms with Gasteiger partial charge in [-0.05, 0) is 42.8 Å². The molecule has 0 saturated heterocycles. The van der Waals surface area contributed by atoms with E-state index in [-0.39, 0.29) is 5.97 Å². The molecule has 0 atom stereocenters. The second-order valence-electron chi connectivity index (χ2n) is 4.08. The lowest BCUT2D eigenvalue weighted by molar-refractivity contribution is 0.0600. The lowest BCUT2D eigenvalue weighted by Crippen LogP contribution is -2.04. The summed E-state index contributed by atoms with van der Waals surface area (Å²) in [5.41, 5.74) is 2.56. The average molecular weight is 296 g/mol. The Labute approximate surface area is 121 Å². The Morgan fingerprint density at radius 2 is 2.16 bits per heavy atom. The van der Waals surface area contributed by atoms with Crippen molar-refractivity contribution in [1.82, 2.24) is 0 Å². The SMILES string of the molecule is COC(=O)c1ccc(NCc2ccc(Cl)s2)c(C)c1. The van der Waals surface area contributed by atoms with E-state index in [1.165, 1.54) is 12.0 Å². The zero-order valence-electron chi connectivity index (χ0n) is 10.7. The van der Waals surface area contributed by atoms with E-state index in [0.29, 0.717) is 5.56 Å². The number of nitrogens with one attached hydrogen (secondary N) is 1. The number of thiophene rings is 1. The lowest BCUT2D eigenvalue weighted by atomic mass is 10.1. The van der Waals surface area contributed by atoms with Gasteiger partial charge in [-0.1, -0.05) is 11.6 Å². The van der Waals surface area contributed by atoms with Gasteiger partial charge >= 0.3 is 5.97 Å². The third kappa shape index (κ3) is 3.49. The van der Waals surface area contributed by atoms with Gasteiger partial charge in [0.25, 0.3) is 0 Å². The fourth-order valence-electron chi connectivity index (χ4n) is 1.74. The van der Waals surface area contributed by atoms with Crippen LogP contribution in [0.2, 0.25) is 4.34 Å². The van der Waals surface area contributed by atoms with Crippen molar-refractivity contribution in [3.8, 4) is 0 Å². The van der Waals surface area contributed by atoms with Gasteiger partial charge in [-0.2, -0.15) is 0 Å². The number of benzene rings is 1. The van der Waals surface area contributed by atoms with Crippen LogP contribution < -0.4 is 5.32 Å². The van der Waals surface area contributed by atoms with Gasteiger partial charge in [0.1, 0.15) is 0 Å². The smallest absolute Gasteiger partial charge is 0.337 e. The van der Waals surface area contributed by atoms with E-state index in [1.807, 2.05) is 31.2 Å². The minimum Gasteiger partial charge on any atom is -0.465 e. The van der Waals surface area contributed by atoms with Crippen LogP contribution in [0.3, 0.4) is 0 Å². The van der Waals surface area contributed by atoms with Crippen LogP contribution in [0.4, 0.5) is 5.69 Å². The molecule has 0 radical (unpaired) electrons. The summed E-state index contributed by atoms with van der Waals surface area (Å²) >= 11 is 7.44. The highest BCUT2D eigenvalue weighted by Crippen LogP contribution is 2.23. The molecular weight excluding hydrogens is 282 g/mol. The maximum atomic E-state index is 11.4. The summed E-state index contributed by atoms with van der Waals surface area (Å²) < 4.78 is 5.48. The first-order chi connectivity index (χ1) is 9.10. The van der Waals surface area contributed by atoms with Gasteiger partial charge in [-0.15, -0.1) is 11.3 Å². The van der Waals surface area contributed by atoms with Gasteiger partial charge in [0.05, 0.1) is 17.0 Å². The van der Waals surface area contributed by atoms with Crippen molar-refractivity contribution in [1.29, 1.82) is 0 Å². The molecule has 0 unspecified atom stereocenters. The largest absolute Gasteiger partial charge is 0.465 e. The summed E-state index contributed by atoms with van der Waals surface area (Å²) in [6, 6.07) is 9.34. The van der Waals surface area contributed by atoms with Crippen molar-refractivity contribution in [3.05, 3.63) is 50.7 Å². The molecule has 100 valence electrons. The van der Waals surface area contributed by atoms with E-state index in [0.717, 1.165) is 22.1 Å². The molecule has 0 aliphatic heterocycles. The van der Waals surface area contributed by atoms with Crippen LogP contribution in [0, 0.1) is 6.92 Å². The van der Waals surface area contributed by atoms with E-state index in [9.17, 15) is 4.79 Å². The Bertz CT molecular complexity index is 595. The second-order valence-corrected chi connectivity index (χ2v) is 5.88. The monoisotopic (exact) mass is 295 g/mol. The average Bonchev–Trinajstić information content (AvgIpc) is 2.82. The van der Waals surface area contributed by atoms with E-state index < -0.39 is 0 Å². The Balaban J connectivity index is 2.07. The molecule has 0 aliphatic carbocycles. The number of anilines is 1. The van der Waals surface area contributed by atoms with Gasteiger partial charge in [0.2, 0.25) is 0 Å². The van der Waals surface area contributed by atoms with Crippen LogP contribution in [0.15, 0.2) is 30.3 Å². The fourth-order valence-corrected chi connectivity index (χ4v) is 2.76. The summed E-state index contributed by atoms with van der Waals surface area (Å²) in [4.78, 5) is 12.6. The molecule has 1 N–H and O–H groups in total. The van der Waals surface area contributed by atoms with Gasteiger partial charge in [-0.25, -0.2) is 4.79 Å². The minimum atomic E-state index is -0.320. The number of esters is 1. The van der Waals surface area contributed by atoms with Crippen LogP contribution >= 0.6 is 22.9 Å². The van der Waals surface area contributed by atoms with E-state index in [1.54, 1.807) is 17.4 Å². The first kappa shape index (κ1) is 13.9. The zero-order valence-corrected chi connectivity index (χ0v) is 12.3. The summed E-state index contributed by atoms with van der Waals surface area (Å²) in [5, 5.41) is 3.33. The van der Waals surface area contributed by atoms with Crippen LogP contribution in [-0.2, 0) is 11.3 Å². The molecular formula is C14H14ClNO2S. The highest BCUT2D eigenvalue weighted by atomic mass is 35.5. The number of rotatable bonds is 4. The summed E-state index contributed by atoms with van der Waals surface area (Å²) in [5.74, 6) is -0.320. The number of aryl methyl sites for hydroxylation is 1. The van der Waals surface area contributed by atoms with E-state index in [4.69, 9.17) is 16.3 Å². The summed E-state index contributed by atoms with van der Waals surface area (Å²) in [6.07, 6.45) is 0. The molecule has 0 fully saturated rings. The topological polar surface area (TPSA) is 38.3 Å². The Hall–Kier alpha value is -1.52. The van der Waals surface area contributed by atoms with E-state index in [2.05, 4.69) is 5.32 Å². The highest BCUT2D eigenvalue weighted by Gasteiger charge is 2.07. The van der Waals surface area contributed by atoms with Crippen molar-refractivity contribution in [2.24, 2.45) is 0 Å². The molecule has 1 heterocycles. The molecule has 0 spiro atoms. The predicted molar refractivity (Wildman–Crippen MR) is 79.2 cm³/mol. The number of ether oxygens (including phenoxy) is 1. The fraction of sp³-hybridized carbons (Fsp3) is 0.214. The molecule has 1 aromatic heterocycles. The third-order valence-electron chi connectivity index (χ3n) is 2.73. The zero-order chi connectivity index (χ0) is 13.8. The van der Waals surface area contributed by atoms with Crippen molar-refractivity contribution in [3.63, 3.8) is 0 Å². The van der Waals surface area contributed by atoms with Crippen LogP contribution in [0.5, 0.6) is 0 Å². The maximum Gasteiger partial charge on any atom is 0.337 e. The Morgan fingerprint density at radius 1 is 1.37 bits per heavy atom. The van der Waals surface area contributed by atoms with Gasteiger partial charge in [-0.3, -0.25) is 0 Å². The van der Waals surface area contributed by atoms with Crippen molar-refractivity contribution in [2.45, 2.75) is 13.5 Å². The molecule has 5 heteroatoms. The molecule has 3 nitrogen and oxygen atoms in total. The van der Waals surface area contributed by atoms with Crippen LogP contribution in [0.25, 0.3) is 0 Å². The van der Waals surface area contributed by atoms with Gasteiger partial charge in [0.15, 0.2) is 0 Å². The highest BCUT2D eigenvalue weighted by molar-refractivity contribution is 7.16. The van der Waals surface area contributed by atoms with Crippen LogP contribution in [-0.4, -0.2) is 13.1 Å². The Kier molecular flexibility index (Phi) is 4.45. The quantitative estimate of drug-likeness (QED) is 0.863. The number of carbonyl (C=O) groups is 1. The molecule has 0 bridgehead atoms.